The van der Waals surface area contributed by atoms with Crippen LogP contribution in [-0.2, 0) is 0 Å². The summed E-state index contributed by atoms with van der Waals surface area (Å²) in [5.41, 5.74) is -0.0492. The van der Waals surface area contributed by atoms with Crippen molar-refractivity contribution in [2.24, 2.45) is 0 Å². The van der Waals surface area contributed by atoms with E-state index in [0.29, 0.717) is 5.82 Å². The molecule has 0 amide bonds. The van der Waals surface area contributed by atoms with Crippen molar-refractivity contribution in [3.05, 3.63) is 23.6 Å². The smallest absolute Gasteiger partial charge is 0.339 e. The van der Waals surface area contributed by atoms with Gasteiger partial charge in [0, 0.05) is 13.1 Å². The van der Waals surface area contributed by atoms with Crippen molar-refractivity contribution in [2.75, 3.05) is 18.0 Å². The fraction of sp³-hybridized carbons (Fsp3) is 0.500. The quantitative estimate of drug-likeness (QED) is 0.859. The van der Waals surface area contributed by atoms with Crippen LogP contribution < -0.4 is 4.90 Å². The first kappa shape index (κ1) is 11.8. The summed E-state index contributed by atoms with van der Waals surface area (Å²) in [6.07, 6.45) is 5.43. The summed E-state index contributed by atoms with van der Waals surface area (Å²) in [5.74, 6) is -1.35. The number of halogens is 1. The lowest BCUT2D eigenvalue weighted by molar-refractivity contribution is 0.0696. The molecule has 0 spiro atoms. The Morgan fingerprint density at radius 3 is 2.53 bits per heavy atom. The first-order chi connectivity index (χ1) is 8.18. The minimum absolute atomic E-state index is 0.0492. The average molecular weight is 238 g/mol. The first-order valence-electron chi connectivity index (χ1n) is 5.82. The van der Waals surface area contributed by atoms with Crippen LogP contribution in [0.25, 0.3) is 0 Å². The van der Waals surface area contributed by atoms with E-state index < -0.39 is 11.8 Å². The van der Waals surface area contributed by atoms with E-state index in [0.717, 1.165) is 51.0 Å². The zero-order chi connectivity index (χ0) is 12.3. The van der Waals surface area contributed by atoms with E-state index in [1.807, 2.05) is 4.90 Å². The van der Waals surface area contributed by atoms with Crippen LogP contribution in [0.5, 0.6) is 0 Å². The molecule has 1 aliphatic heterocycles. The lowest BCUT2D eigenvalue weighted by Gasteiger charge is -2.22. The molecule has 0 aliphatic carbocycles. The lowest BCUT2D eigenvalue weighted by atomic mass is 10.2. The number of hydrogen-bond acceptors (Lipinski definition) is 3. The molecule has 2 heterocycles. The monoisotopic (exact) mass is 238 g/mol. The summed E-state index contributed by atoms with van der Waals surface area (Å²) < 4.78 is 13.0. The van der Waals surface area contributed by atoms with Crippen LogP contribution in [0.1, 0.15) is 36.0 Å². The molecular weight excluding hydrogens is 223 g/mol. The van der Waals surface area contributed by atoms with Gasteiger partial charge >= 0.3 is 5.97 Å². The SMILES string of the molecule is O=C(O)c1cc(F)cnc1N1CCCCCC1. The Kier molecular flexibility index (Phi) is 3.56. The minimum Gasteiger partial charge on any atom is -0.478 e. The van der Waals surface area contributed by atoms with Gasteiger partial charge in [-0.2, -0.15) is 0 Å². The molecule has 0 atom stereocenters. The highest BCUT2D eigenvalue weighted by Crippen LogP contribution is 2.22. The third-order valence-corrected chi connectivity index (χ3v) is 2.97. The second kappa shape index (κ2) is 5.12. The van der Waals surface area contributed by atoms with Crippen LogP contribution in [0.2, 0.25) is 0 Å². The number of carboxylic acid groups (broad SMARTS) is 1. The Bertz CT molecular complexity index is 415. The van der Waals surface area contributed by atoms with Crippen molar-refractivity contribution in [1.82, 2.24) is 4.98 Å². The molecule has 0 radical (unpaired) electrons. The third kappa shape index (κ3) is 2.72. The van der Waals surface area contributed by atoms with Gasteiger partial charge < -0.3 is 10.0 Å². The first-order valence-corrected chi connectivity index (χ1v) is 5.82. The summed E-state index contributed by atoms with van der Waals surface area (Å²) in [6.45, 7) is 1.58. The third-order valence-electron chi connectivity index (χ3n) is 2.97. The van der Waals surface area contributed by atoms with Gasteiger partial charge in [0.1, 0.15) is 17.2 Å². The topological polar surface area (TPSA) is 53.4 Å². The number of pyridine rings is 1. The number of nitrogens with zero attached hydrogens (tertiary/aromatic N) is 2. The van der Waals surface area contributed by atoms with E-state index >= 15 is 0 Å². The number of carboxylic acids is 1. The van der Waals surface area contributed by atoms with Crippen molar-refractivity contribution < 1.29 is 14.3 Å². The molecule has 0 bridgehead atoms. The summed E-state index contributed by atoms with van der Waals surface area (Å²) in [6, 6.07) is 1.04. The van der Waals surface area contributed by atoms with E-state index in [-0.39, 0.29) is 5.56 Å². The molecule has 1 N–H and O–H groups in total. The number of aromatic carboxylic acids is 1. The molecule has 4 nitrogen and oxygen atoms in total. The van der Waals surface area contributed by atoms with Crippen molar-refractivity contribution in [1.29, 1.82) is 0 Å². The van der Waals surface area contributed by atoms with Gasteiger partial charge in [-0.15, -0.1) is 0 Å². The molecule has 1 aromatic heterocycles. The summed E-state index contributed by atoms with van der Waals surface area (Å²) in [7, 11) is 0. The Morgan fingerprint density at radius 2 is 1.94 bits per heavy atom. The van der Waals surface area contributed by atoms with Crippen molar-refractivity contribution in [3.63, 3.8) is 0 Å². The fourth-order valence-corrected chi connectivity index (χ4v) is 2.12. The Balaban J connectivity index is 2.32. The second-order valence-electron chi connectivity index (χ2n) is 4.23. The molecule has 1 aliphatic rings. The summed E-state index contributed by atoms with van der Waals surface area (Å²) in [5, 5.41) is 9.06. The normalized spacial score (nSPS) is 16.6. The Hall–Kier alpha value is -1.65. The van der Waals surface area contributed by atoms with E-state index in [9.17, 15) is 9.18 Å². The molecule has 0 saturated carbocycles. The zero-order valence-corrected chi connectivity index (χ0v) is 9.53. The van der Waals surface area contributed by atoms with Gasteiger partial charge in [-0.05, 0) is 18.9 Å². The highest BCUT2D eigenvalue weighted by molar-refractivity contribution is 5.93. The summed E-state index contributed by atoms with van der Waals surface area (Å²) >= 11 is 0. The van der Waals surface area contributed by atoms with Crippen LogP contribution >= 0.6 is 0 Å². The van der Waals surface area contributed by atoms with Gasteiger partial charge in [-0.3, -0.25) is 0 Å². The van der Waals surface area contributed by atoms with Crippen molar-refractivity contribution >= 4 is 11.8 Å². The molecule has 0 unspecified atom stereocenters. The molecule has 17 heavy (non-hydrogen) atoms. The van der Waals surface area contributed by atoms with E-state index in [1.165, 1.54) is 0 Å². The highest BCUT2D eigenvalue weighted by atomic mass is 19.1. The predicted octanol–water partition coefficient (Wildman–Crippen LogP) is 2.30. The molecule has 5 heteroatoms. The van der Waals surface area contributed by atoms with Crippen LogP contribution in [0.3, 0.4) is 0 Å². The zero-order valence-electron chi connectivity index (χ0n) is 9.53. The van der Waals surface area contributed by atoms with Crippen molar-refractivity contribution in [2.45, 2.75) is 25.7 Å². The molecule has 92 valence electrons. The standard InChI is InChI=1S/C12H15FN2O2/c13-9-7-10(12(16)17)11(14-8-9)15-5-3-1-2-4-6-15/h7-8H,1-6H2,(H,16,17). The van der Waals surface area contributed by atoms with Gasteiger partial charge in [0.15, 0.2) is 0 Å². The number of carbonyl (C=O) groups is 1. The molecule has 1 fully saturated rings. The van der Waals surface area contributed by atoms with Gasteiger partial charge in [0.25, 0.3) is 0 Å². The van der Waals surface area contributed by atoms with Crippen LogP contribution in [-0.4, -0.2) is 29.1 Å². The Labute approximate surface area is 99.1 Å². The van der Waals surface area contributed by atoms with Gasteiger partial charge in [0.05, 0.1) is 6.20 Å². The van der Waals surface area contributed by atoms with Gasteiger partial charge in [0.2, 0.25) is 0 Å². The number of anilines is 1. The highest BCUT2D eigenvalue weighted by Gasteiger charge is 2.19. The van der Waals surface area contributed by atoms with E-state index in [4.69, 9.17) is 5.11 Å². The molecular formula is C12H15FN2O2. The molecule has 1 saturated heterocycles. The number of aromatic nitrogens is 1. The predicted molar refractivity (Wildman–Crippen MR) is 61.8 cm³/mol. The largest absolute Gasteiger partial charge is 0.478 e. The van der Waals surface area contributed by atoms with Crippen LogP contribution in [0.15, 0.2) is 12.3 Å². The maximum absolute atomic E-state index is 13.0. The van der Waals surface area contributed by atoms with Crippen LogP contribution in [0.4, 0.5) is 10.2 Å². The molecule has 2 rings (SSSR count). The molecule has 0 aromatic carbocycles. The maximum atomic E-state index is 13.0. The minimum atomic E-state index is -1.13. The van der Waals surface area contributed by atoms with E-state index in [2.05, 4.69) is 4.98 Å². The summed E-state index contributed by atoms with van der Waals surface area (Å²) in [4.78, 5) is 16.9. The van der Waals surface area contributed by atoms with Crippen molar-refractivity contribution in [3.8, 4) is 0 Å². The lowest BCUT2D eigenvalue weighted by Crippen LogP contribution is -2.27. The van der Waals surface area contributed by atoms with Crippen LogP contribution in [0, 0.1) is 5.82 Å². The van der Waals surface area contributed by atoms with E-state index in [1.54, 1.807) is 0 Å². The average Bonchev–Trinajstić information content (AvgIpc) is 2.57. The maximum Gasteiger partial charge on any atom is 0.339 e. The molecule has 1 aromatic rings. The number of rotatable bonds is 2. The fourth-order valence-electron chi connectivity index (χ4n) is 2.12. The second-order valence-corrected chi connectivity index (χ2v) is 4.23. The number of hydrogen-bond donors (Lipinski definition) is 1. The Morgan fingerprint density at radius 1 is 1.29 bits per heavy atom. The van der Waals surface area contributed by atoms with Gasteiger partial charge in [-0.1, -0.05) is 12.8 Å². The van der Waals surface area contributed by atoms with Gasteiger partial charge in [-0.25, -0.2) is 14.2 Å².